The first kappa shape index (κ1) is 15.8. The fraction of sp³-hybridized carbons (Fsp3) is 0.0588. The first-order valence-electron chi connectivity index (χ1n) is 7.68. The van der Waals surface area contributed by atoms with Gasteiger partial charge in [-0.2, -0.15) is 4.80 Å². The highest BCUT2D eigenvalue weighted by atomic mass is 19.1. The minimum absolute atomic E-state index is 0.264. The highest BCUT2D eigenvalue weighted by Gasteiger charge is 2.12. The van der Waals surface area contributed by atoms with Crippen molar-refractivity contribution in [3.05, 3.63) is 66.3 Å². The zero-order chi connectivity index (χ0) is 17.9. The van der Waals surface area contributed by atoms with Crippen molar-refractivity contribution in [3.8, 4) is 23.1 Å². The van der Waals surface area contributed by atoms with E-state index in [0.717, 1.165) is 0 Å². The number of anilines is 1. The number of tetrazole rings is 1. The molecule has 0 unspecified atom stereocenters. The summed E-state index contributed by atoms with van der Waals surface area (Å²) in [6.45, 7) is 0.264. The van der Waals surface area contributed by atoms with E-state index < -0.39 is 0 Å². The van der Waals surface area contributed by atoms with Gasteiger partial charge in [-0.1, -0.05) is 0 Å². The highest BCUT2D eigenvalue weighted by Crippen LogP contribution is 2.24. The number of nitrogen functional groups attached to an aromatic ring is 1. The van der Waals surface area contributed by atoms with Gasteiger partial charge in [-0.15, -0.1) is 10.2 Å². The minimum Gasteiger partial charge on any atom is -0.428 e. The number of benzene rings is 1. The maximum Gasteiger partial charge on any atom is 0.290 e. The molecule has 0 fully saturated rings. The van der Waals surface area contributed by atoms with Crippen LogP contribution in [0.2, 0.25) is 0 Å². The van der Waals surface area contributed by atoms with Crippen molar-refractivity contribution in [2.75, 3.05) is 5.73 Å². The Morgan fingerprint density at radius 3 is 2.77 bits per heavy atom. The van der Waals surface area contributed by atoms with Crippen molar-refractivity contribution in [2.24, 2.45) is 0 Å². The van der Waals surface area contributed by atoms with Gasteiger partial charge in [0.05, 0.1) is 5.56 Å². The molecule has 130 valence electrons. The quantitative estimate of drug-likeness (QED) is 0.589. The number of pyridine rings is 1. The summed E-state index contributed by atoms with van der Waals surface area (Å²) in [5, 5.41) is 12.2. The zero-order valence-electron chi connectivity index (χ0n) is 13.4. The standard InChI is InChI=1S/C17H13FN6O2/c18-11-3-5-12(6-4-11)25-15-8-7-13(26-15)10-24-22-17(21-23-24)14-2-1-9-20-16(14)19/h1-9H,10H2,(H2,19,20). The molecule has 0 bridgehead atoms. The average Bonchev–Trinajstić information content (AvgIpc) is 3.27. The lowest BCUT2D eigenvalue weighted by Crippen LogP contribution is -2.03. The summed E-state index contributed by atoms with van der Waals surface area (Å²) in [4.78, 5) is 5.38. The van der Waals surface area contributed by atoms with Gasteiger partial charge in [-0.25, -0.2) is 9.37 Å². The molecular formula is C17H13FN6O2. The van der Waals surface area contributed by atoms with E-state index in [-0.39, 0.29) is 18.3 Å². The summed E-state index contributed by atoms with van der Waals surface area (Å²) in [6.07, 6.45) is 1.59. The van der Waals surface area contributed by atoms with Crippen molar-refractivity contribution in [1.82, 2.24) is 25.2 Å². The molecule has 0 radical (unpaired) electrons. The third-order valence-electron chi connectivity index (χ3n) is 3.50. The van der Waals surface area contributed by atoms with E-state index in [1.165, 1.54) is 29.1 Å². The van der Waals surface area contributed by atoms with Crippen LogP contribution in [-0.2, 0) is 6.54 Å². The Morgan fingerprint density at radius 1 is 1.12 bits per heavy atom. The second-order valence-electron chi connectivity index (χ2n) is 5.36. The summed E-state index contributed by atoms with van der Waals surface area (Å²) >= 11 is 0. The third kappa shape index (κ3) is 3.36. The number of rotatable bonds is 5. The van der Waals surface area contributed by atoms with Crippen LogP contribution >= 0.6 is 0 Å². The van der Waals surface area contributed by atoms with Crippen LogP contribution < -0.4 is 10.5 Å². The third-order valence-corrected chi connectivity index (χ3v) is 3.50. The van der Waals surface area contributed by atoms with E-state index in [1.54, 1.807) is 30.5 Å². The number of furan rings is 1. The van der Waals surface area contributed by atoms with Gasteiger partial charge in [0, 0.05) is 12.3 Å². The van der Waals surface area contributed by atoms with Crippen LogP contribution in [0, 0.1) is 5.82 Å². The van der Waals surface area contributed by atoms with E-state index in [2.05, 4.69) is 20.4 Å². The van der Waals surface area contributed by atoms with Crippen molar-refractivity contribution < 1.29 is 13.5 Å². The minimum atomic E-state index is -0.334. The van der Waals surface area contributed by atoms with Gasteiger partial charge in [0.25, 0.3) is 5.95 Å². The maximum atomic E-state index is 12.9. The average molecular weight is 352 g/mol. The van der Waals surface area contributed by atoms with E-state index >= 15 is 0 Å². The van der Waals surface area contributed by atoms with E-state index in [1.807, 2.05) is 0 Å². The smallest absolute Gasteiger partial charge is 0.290 e. The summed E-state index contributed by atoms with van der Waals surface area (Å²) in [7, 11) is 0. The molecule has 3 heterocycles. The largest absolute Gasteiger partial charge is 0.428 e. The normalized spacial score (nSPS) is 10.8. The van der Waals surface area contributed by atoms with E-state index in [0.29, 0.717) is 28.7 Å². The lowest BCUT2D eigenvalue weighted by molar-refractivity contribution is 0.324. The van der Waals surface area contributed by atoms with Crippen molar-refractivity contribution >= 4 is 5.82 Å². The second-order valence-corrected chi connectivity index (χ2v) is 5.36. The fourth-order valence-corrected chi connectivity index (χ4v) is 2.28. The predicted octanol–water partition coefficient (Wildman–Crippen LogP) is 2.89. The number of nitrogens with zero attached hydrogens (tertiary/aromatic N) is 5. The van der Waals surface area contributed by atoms with Gasteiger partial charge in [-0.3, -0.25) is 0 Å². The molecule has 26 heavy (non-hydrogen) atoms. The van der Waals surface area contributed by atoms with Gasteiger partial charge in [0.1, 0.15) is 29.7 Å². The van der Waals surface area contributed by atoms with Crippen molar-refractivity contribution in [1.29, 1.82) is 0 Å². The lowest BCUT2D eigenvalue weighted by atomic mass is 10.2. The first-order valence-corrected chi connectivity index (χ1v) is 7.68. The highest BCUT2D eigenvalue weighted by molar-refractivity contribution is 5.66. The summed E-state index contributed by atoms with van der Waals surface area (Å²) < 4.78 is 24.0. The van der Waals surface area contributed by atoms with Gasteiger partial charge >= 0.3 is 0 Å². The molecular weight excluding hydrogens is 339 g/mol. The van der Waals surface area contributed by atoms with Crippen LogP contribution in [0.1, 0.15) is 5.76 Å². The molecule has 0 atom stereocenters. The van der Waals surface area contributed by atoms with Crippen LogP contribution in [0.4, 0.5) is 10.2 Å². The molecule has 0 aliphatic rings. The number of ether oxygens (including phenoxy) is 1. The number of aromatic nitrogens is 5. The van der Waals surface area contributed by atoms with Crippen LogP contribution in [0.15, 0.2) is 59.1 Å². The molecule has 0 spiro atoms. The van der Waals surface area contributed by atoms with Crippen LogP contribution in [0.3, 0.4) is 0 Å². The first-order chi connectivity index (χ1) is 12.7. The Hall–Kier alpha value is -3.75. The van der Waals surface area contributed by atoms with E-state index in [9.17, 15) is 4.39 Å². The lowest BCUT2D eigenvalue weighted by Gasteiger charge is -2.01. The van der Waals surface area contributed by atoms with E-state index in [4.69, 9.17) is 14.9 Å². The SMILES string of the molecule is Nc1ncccc1-c1nnn(Cc2ccc(Oc3ccc(F)cc3)o2)n1. The maximum absolute atomic E-state index is 12.9. The molecule has 8 nitrogen and oxygen atoms in total. The summed E-state index contributed by atoms with van der Waals surface area (Å²) in [5.74, 6) is 1.71. The monoisotopic (exact) mass is 352 g/mol. The fourth-order valence-electron chi connectivity index (χ4n) is 2.28. The topological polar surface area (TPSA) is 105 Å². The van der Waals surface area contributed by atoms with Gasteiger partial charge in [-0.05, 0) is 47.7 Å². The Kier molecular flexibility index (Phi) is 4.02. The zero-order valence-corrected chi connectivity index (χ0v) is 13.4. The molecule has 0 aliphatic heterocycles. The molecule has 0 aliphatic carbocycles. The van der Waals surface area contributed by atoms with Gasteiger partial charge < -0.3 is 14.9 Å². The predicted molar refractivity (Wildman–Crippen MR) is 89.7 cm³/mol. The van der Waals surface area contributed by atoms with Gasteiger partial charge in [0.2, 0.25) is 5.82 Å². The molecule has 3 aromatic heterocycles. The van der Waals surface area contributed by atoms with Crippen LogP contribution in [0.25, 0.3) is 11.4 Å². The van der Waals surface area contributed by atoms with Crippen molar-refractivity contribution in [3.63, 3.8) is 0 Å². The van der Waals surface area contributed by atoms with Gasteiger partial charge in [0.15, 0.2) is 0 Å². The van der Waals surface area contributed by atoms with Crippen molar-refractivity contribution in [2.45, 2.75) is 6.54 Å². The number of nitrogens with two attached hydrogens (primary N) is 1. The summed E-state index contributed by atoms with van der Waals surface area (Å²) in [6, 6.07) is 12.6. The van der Waals surface area contributed by atoms with Crippen LogP contribution in [-0.4, -0.2) is 25.2 Å². The Bertz CT molecular complexity index is 1030. The number of hydrogen-bond acceptors (Lipinski definition) is 7. The number of hydrogen-bond donors (Lipinski definition) is 1. The molecule has 4 rings (SSSR count). The molecule has 9 heteroatoms. The van der Waals surface area contributed by atoms with Crippen LogP contribution in [0.5, 0.6) is 11.7 Å². The summed E-state index contributed by atoms with van der Waals surface area (Å²) in [5.41, 5.74) is 6.42. The molecule has 0 amide bonds. The number of halogens is 1. The Morgan fingerprint density at radius 2 is 1.96 bits per heavy atom. The Labute approximate surface area is 147 Å². The molecule has 4 aromatic rings. The molecule has 2 N–H and O–H groups in total. The molecule has 0 saturated carbocycles. The second kappa shape index (κ2) is 6.63. The molecule has 1 aromatic carbocycles. The molecule has 0 saturated heterocycles. The Balaban J connectivity index is 1.46.